The Morgan fingerprint density at radius 2 is 2.00 bits per heavy atom. The van der Waals surface area contributed by atoms with Crippen LogP contribution in [0.4, 0.5) is 0 Å². The number of aromatic amines is 2. The topological polar surface area (TPSA) is 60.6 Å². The van der Waals surface area contributed by atoms with Crippen molar-refractivity contribution in [2.24, 2.45) is 0 Å². The van der Waals surface area contributed by atoms with E-state index >= 15 is 0 Å². The summed E-state index contributed by atoms with van der Waals surface area (Å²) in [4.78, 5) is 10.3. The molecule has 5 heteroatoms. The second-order valence-electron chi connectivity index (χ2n) is 5.34. The van der Waals surface area contributed by atoms with E-state index in [4.69, 9.17) is 4.98 Å². The third-order valence-electron chi connectivity index (χ3n) is 3.65. The Labute approximate surface area is 118 Å². The van der Waals surface area contributed by atoms with Crippen LogP contribution in [0.3, 0.4) is 0 Å². The average molecular weight is 269 g/mol. The van der Waals surface area contributed by atoms with Gasteiger partial charge in [0, 0.05) is 18.4 Å². The van der Waals surface area contributed by atoms with Crippen LogP contribution in [0.1, 0.15) is 22.6 Å². The number of aryl methyl sites for hydroxylation is 2. The Balaban J connectivity index is 1.79. The molecule has 2 N–H and O–H groups in total. The number of fused-ring (bicyclic) bond motifs is 1. The fraction of sp³-hybridized carbons (Fsp3) is 0.333. The van der Waals surface area contributed by atoms with Crippen molar-refractivity contribution in [1.29, 1.82) is 0 Å². The number of imidazole rings is 1. The van der Waals surface area contributed by atoms with E-state index in [1.807, 2.05) is 6.07 Å². The molecule has 0 saturated heterocycles. The molecule has 0 atom stereocenters. The predicted molar refractivity (Wildman–Crippen MR) is 79.3 cm³/mol. The van der Waals surface area contributed by atoms with Crippen LogP contribution in [-0.4, -0.2) is 32.1 Å². The number of aromatic nitrogens is 4. The quantitative estimate of drug-likeness (QED) is 0.765. The van der Waals surface area contributed by atoms with E-state index in [0.717, 1.165) is 35.6 Å². The minimum atomic E-state index is 0.784. The molecular weight excluding hydrogens is 250 g/mol. The average Bonchev–Trinajstić information content (AvgIpc) is 3.03. The van der Waals surface area contributed by atoms with Crippen molar-refractivity contribution < 1.29 is 0 Å². The zero-order valence-electron chi connectivity index (χ0n) is 12.1. The largest absolute Gasteiger partial charge is 0.341 e. The monoisotopic (exact) mass is 269 g/mol. The molecule has 2 heterocycles. The maximum Gasteiger partial charge on any atom is 0.121 e. The lowest BCUT2D eigenvalue weighted by Crippen LogP contribution is -2.18. The SMILES string of the molecule is Cc1ccc2[nH]c(CN(C)Cc3ccn[nH]3)nc2c1C. The zero-order valence-corrected chi connectivity index (χ0v) is 12.1. The molecule has 2 aromatic heterocycles. The molecule has 0 unspecified atom stereocenters. The van der Waals surface area contributed by atoms with Gasteiger partial charge in [-0.2, -0.15) is 5.10 Å². The highest BCUT2D eigenvalue weighted by atomic mass is 15.2. The Morgan fingerprint density at radius 1 is 1.15 bits per heavy atom. The molecule has 20 heavy (non-hydrogen) atoms. The third-order valence-corrected chi connectivity index (χ3v) is 3.65. The molecule has 3 aromatic rings. The molecule has 1 aromatic carbocycles. The molecule has 0 amide bonds. The molecule has 0 fully saturated rings. The van der Waals surface area contributed by atoms with Crippen molar-refractivity contribution in [3.63, 3.8) is 0 Å². The summed E-state index contributed by atoms with van der Waals surface area (Å²) in [6.07, 6.45) is 1.77. The second kappa shape index (κ2) is 5.09. The van der Waals surface area contributed by atoms with E-state index in [9.17, 15) is 0 Å². The van der Waals surface area contributed by atoms with E-state index in [2.05, 4.69) is 53.1 Å². The second-order valence-corrected chi connectivity index (χ2v) is 5.34. The maximum atomic E-state index is 4.72. The maximum absolute atomic E-state index is 4.72. The van der Waals surface area contributed by atoms with E-state index in [-0.39, 0.29) is 0 Å². The van der Waals surface area contributed by atoms with Crippen molar-refractivity contribution >= 4 is 11.0 Å². The normalized spacial score (nSPS) is 11.6. The number of nitrogens with zero attached hydrogens (tertiary/aromatic N) is 3. The van der Waals surface area contributed by atoms with Gasteiger partial charge in [0.25, 0.3) is 0 Å². The number of nitrogens with one attached hydrogen (secondary N) is 2. The highest BCUT2D eigenvalue weighted by Crippen LogP contribution is 2.19. The lowest BCUT2D eigenvalue weighted by molar-refractivity contribution is 0.308. The summed E-state index contributed by atoms with van der Waals surface area (Å²) in [6, 6.07) is 6.22. The van der Waals surface area contributed by atoms with Crippen molar-refractivity contribution in [3.8, 4) is 0 Å². The van der Waals surface area contributed by atoms with Gasteiger partial charge in [-0.15, -0.1) is 0 Å². The number of benzene rings is 1. The lowest BCUT2D eigenvalue weighted by Gasteiger charge is -2.13. The van der Waals surface area contributed by atoms with Crippen LogP contribution in [0.2, 0.25) is 0 Å². The van der Waals surface area contributed by atoms with Crippen molar-refractivity contribution in [2.75, 3.05) is 7.05 Å². The van der Waals surface area contributed by atoms with Gasteiger partial charge in [0.2, 0.25) is 0 Å². The van der Waals surface area contributed by atoms with Crippen LogP contribution >= 0.6 is 0 Å². The van der Waals surface area contributed by atoms with Gasteiger partial charge in [0.05, 0.1) is 17.6 Å². The zero-order chi connectivity index (χ0) is 14.1. The lowest BCUT2D eigenvalue weighted by atomic mass is 10.1. The molecule has 0 saturated carbocycles. The van der Waals surface area contributed by atoms with Crippen LogP contribution in [0.15, 0.2) is 24.4 Å². The minimum absolute atomic E-state index is 0.784. The Bertz CT molecular complexity index is 711. The number of H-pyrrole nitrogens is 2. The van der Waals surface area contributed by atoms with Gasteiger partial charge in [-0.1, -0.05) is 6.07 Å². The third kappa shape index (κ3) is 2.44. The minimum Gasteiger partial charge on any atom is -0.341 e. The first-order valence-corrected chi connectivity index (χ1v) is 6.75. The molecule has 0 spiro atoms. The molecule has 104 valence electrons. The summed E-state index contributed by atoms with van der Waals surface area (Å²) >= 11 is 0. The molecule has 0 bridgehead atoms. The molecule has 0 radical (unpaired) electrons. The van der Waals surface area contributed by atoms with Gasteiger partial charge in [0.1, 0.15) is 5.82 Å². The first-order chi connectivity index (χ1) is 9.63. The molecule has 3 rings (SSSR count). The highest BCUT2D eigenvalue weighted by molar-refractivity contribution is 5.79. The summed E-state index contributed by atoms with van der Waals surface area (Å²) in [6.45, 7) is 5.85. The van der Waals surface area contributed by atoms with Crippen molar-refractivity contribution in [3.05, 3.63) is 47.0 Å². The molecule has 0 aliphatic rings. The van der Waals surface area contributed by atoms with E-state index in [0.29, 0.717) is 0 Å². The van der Waals surface area contributed by atoms with E-state index in [1.165, 1.54) is 11.1 Å². The van der Waals surface area contributed by atoms with Crippen LogP contribution in [0.25, 0.3) is 11.0 Å². The Morgan fingerprint density at radius 3 is 2.75 bits per heavy atom. The van der Waals surface area contributed by atoms with Gasteiger partial charge >= 0.3 is 0 Å². The fourth-order valence-electron chi connectivity index (χ4n) is 2.41. The fourth-order valence-corrected chi connectivity index (χ4v) is 2.41. The highest BCUT2D eigenvalue weighted by Gasteiger charge is 2.09. The van der Waals surface area contributed by atoms with Crippen LogP contribution in [0, 0.1) is 13.8 Å². The summed E-state index contributed by atoms with van der Waals surface area (Å²) in [5, 5.41) is 6.94. The van der Waals surface area contributed by atoms with E-state index < -0.39 is 0 Å². The number of hydrogen-bond acceptors (Lipinski definition) is 3. The predicted octanol–water partition coefficient (Wildman–Crippen LogP) is 2.53. The van der Waals surface area contributed by atoms with Gasteiger partial charge in [0.15, 0.2) is 0 Å². The van der Waals surface area contributed by atoms with Crippen molar-refractivity contribution in [2.45, 2.75) is 26.9 Å². The van der Waals surface area contributed by atoms with Gasteiger partial charge < -0.3 is 4.98 Å². The standard InChI is InChI=1S/C15H19N5/c1-10-4-5-13-15(11(10)2)18-14(17-13)9-20(3)8-12-6-7-16-19-12/h4-7H,8-9H2,1-3H3,(H,16,19)(H,17,18). The van der Waals surface area contributed by atoms with E-state index in [1.54, 1.807) is 6.20 Å². The van der Waals surface area contributed by atoms with Crippen LogP contribution in [-0.2, 0) is 13.1 Å². The van der Waals surface area contributed by atoms with Gasteiger partial charge in [-0.25, -0.2) is 4.98 Å². The summed E-state index contributed by atoms with van der Waals surface area (Å²) in [7, 11) is 2.08. The first kappa shape index (κ1) is 12.9. The van der Waals surface area contributed by atoms with Crippen LogP contribution < -0.4 is 0 Å². The first-order valence-electron chi connectivity index (χ1n) is 6.75. The molecule has 5 nitrogen and oxygen atoms in total. The molecular formula is C15H19N5. The molecule has 0 aliphatic heterocycles. The van der Waals surface area contributed by atoms with Gasteiger partial charge in [-0.05, 0) is 44.2 Å². The number of hydrogen-bond donors (Lipinski definition) is 2. The molecule has 0 aliphatic carbocycles. The van der Waals surface area contributed by atoms with Crippen LogP contribution in [0.5, 0.6) is 0 Å². The van der Waals surface area contributed by atoms with Crippen molar-refractivity contribution in [1.82, 2.24) is 25.1 Å². The Kier molecular flexibility index (Phi) is 3.28. The smallest absolute Gasteiger partial charge is 0.121 e. The summed E-state index contributed by atoms with van der Waals surface area (Å²) in [5.74, 6) is 0.996. The Hall–Kier alpha value is -2.14. The summed E-state index contributed by atoms with van der Waals surface area (Å²) in [5.41, 5.74) is 5.83. The van der Waals surface area contributed by atoms with Gasteiger partial charge in [-0.3, -0.25) is 10.00 Å². The number of rotatable bonds is 4. The summed E-state index contributed by atoms with van der Waals surface area (Å²) < 4.78 is 0.